The van der Waals surface area contributed by atoms with Gasteiger partial charge in [-0.25, -0.2) is 5.48 Å². The summed E-state index contributed by atoms with van der Waals surface area (Å²) in [6, 6.07) is 1.90. The van der Waals surface area contributed by atoms with Gasteiger partial charge in [-0.2, -0.15) is 0 Å². The number of pyridine rings is 1. The predicted molar refractivity (Wildman–Crippen MR) is 97.7 cm³/mol. The van der Waals surface area contributed by atoms with Crippen LogP contribution < -0.4 is 10.8 Å². The molecule has 0 radical (unpaired) electrons. The van der Waals surface area contributed by atoms with Crippen molar-refractivity contribution in [3.05, 3.63) is 29.1 Å². The topological polar surface area (TPSA) is 74.2 Å². The predicted octanol–water partition coefficient (Wildman–Crippen LogP) is 3.26. The van der Waals surface area contributed by atoms with E-state index in [1.165, 1.54) is 63.6 Å². The van der Waals surface area contributed by atoms with E-state index < -0.39 is 5.91 Å². The van der Waals surface area contributed by atoms with E-state index in [4.69, 9.17) is 5.21 Å². The highest BCUT2D eigenvalue weighted by molar-refractivity contribution is 5.93. The first-order valence-electron chi connectivity index (χ1n) is 9.89. The van der Waals surface area contributed by atoms with Crippen LogP contribution in [0.1, 0.15) is 73.0 Å². The summed E-state index contributed by atoms with van der Waals surface area (Å²) in [4.78, 5) is 16.1. The Morgan fingerprint density at radius 3 is 2.80 bits per heavy atom. The largest absolute Gasteiger partial charge is 0.316 e. The fraction of sp³-hybridized carbons (Fsp3) is 0.700. The van der Waals surface area contributed by atoms with Crippen LogP contribution in [0.3, 0.4) is 0 Å². The Morgan fingerprint density at radius 2 is 2.04 bits per heavy atom. The van der Waals surface area contributed by atoms with Gasteiger partial charge in [0.1, 0.15) is 0 Å². The molecule has 1 saturated heterocycles. The lowest BCUT2D eigenvalue weighted by molar-refractivity contribution is 0.0706. The van der Waals surface area contributed by atoms with Crippen LogP contribution in [0.2, 0.25) is 0 Å². The summed E-state index contributed by atoms with van der Waals surface area (Å²) in [5.74, 6) is 1.13. The van der Waals surface area contributed by atoms with Gasteiger partial charge in [0.25, 0.3) is 5.91 Å². The van der Waals surface area contributed by atoms with Gasteiger partial charge >= 0.3 is 0 Å². The van der Waals surface area contributed by atoms with E-state index in [-0.39, 0.29) is 0 Å². The van der Waals surface area contributed by atoms with Gasteiger partial charge in [-0.15, -0.1) is 0 Å². The van der Waals surface area contributed by atoms with Gasteiger partial charge in [0.05, 0.1) is 5.56 Å². The van der Waals surface area contributed by atoms with Gasteiger partial charge in [0, 0.05) is 11.9 Å². The molecule has 0 spiro atoms. The molecule has 1 aliphatic carbocycles. The zero-order valence-corrected chi connectivity index (χ0v) is 15.1. The number of fused-ring (bicyclic) bond motifs is 1. The van der Waals surface area contributed by atoms with Crippen molar-refractivity contribution in [2.24, 2.45) is 11.8 Å². The first-order chi connectivity index (χ1) is 12.3. The summed E-state index contributed by atoms with van der Waals surface area (Å²) in [6.45, 7) is 2.41. The molecular formula is C20H31N3O2. The Bertz CT molecular complexity index is 570. The average Bonchev–Trinajstić information content (AvgIpc) is 2.86. The maximum atomic E-state index is 11.5. The van der Waals surface area contributed by atoms with E-state index in [1.54, 1.807) is 11.7 Å². The molecule has 0 saturated carbocycles. The molecule has 1 aliphatic heterocycles. The van der Waals surface area contributed by atoms with Crippen molar-refractivity contribution in [2.45, 2.75) is 64.2 Å². The second-order valence-electron chi connectivity index (χ2n) is 7.73. The smallest absolute Gasteiger partial charge is 0.276 e. The van der Waals surface area contributed by atoms with Crippen LogP contribution in [0, 0.1) is 11.8 Å². The fourth-order valence-electron chi connectivity index (χ4n) is 4.37. The van der Waals surface area contributed by atoms with Crippen molar-refractivity contribution in [3.8, 4) is 0 Å². The van der Waals surface area contributed by atoms with Crippen LogP contribution in [0.15, 0.2) is 12.3 Å². The molecule has 3 rings (SSSR count). The van der Waals surface area contributed by atoms with Crippen LogP contribution in [0.25, 0.3) is 0 Å². The Hall–Kier alpha value is -1.46. The maximum absolute atomic E-state index is 11.5. The van der Waals surface area contributed by atoms with Crippen molar-refractivity contribution in [1.29, 1.82) is 0 Å². The van der Waals surface area contributed by atoms with E-state index >= 15 is 0 Å². The lowest BCUT2D eigenvalue weighted by atomic mass is 9.90. The third-order valence-electron chi connectivity index (χ3n) is 5.84. The first-order valence-corrected chi connectivity index (χ1v) is 9.89. The Labute approximate surface area is 150 Å². The number of nitrogens with zero attached hydrogens (tertiary/aromatic N) is 1. The number of unbranched alkanes of at least 4 members (excludes halogenated alkanes) is 1. The molecule has 1 amide bonds. The van der Waals surface area contributed by atoms with Gasteiger partial charge < -0.3 is 5.32 Å². The number of nitrogens with one attached hydrogen (secondary N) is 2. The summed E-state index contributed by atoms with van der Waals surface area (Å²) in [5, 5.41) is 12.3. The number of hydrogen-bond acceptors (Lipinski definition) is 4. The number of aryl methyl sites for hydroxylation is 1. The number of amides is 1. The maximum Gasteiger partial charge on any atom is 0.276 e. The standard InChI is InChI=1S/C20H31N3O2/c24-20(23-25)18-12-17-9-3-7-15(11-19(17)22-14-18)5-1-2-6-16-8-4-10-21-13-16/h12,14-16,21,25H,1-11,13H2,(H,23,24). The summed E-state index contributed by atoms with van der Waals surface area (Å²) >= 11 is 0. The van der Waals surface area contributed by atoms with E-state index in [0.717, 1.165) is 36.8 Å². The Kier molecular flexibility index (Phi) is 6.82. The minimum absolute atomic E-state index is 0.445. The molecule has 3 N–H and O–H groups in total. The minimum atomic E-state index is -0.478. The fourth-order valence-corrected chi connectivity index (χ4v) is 4.37. The third-order valence-corrected chi connectivity index (χ3v) is 5.84. The molecule has 2 unspecified atom stereocenters. The molecule has 1 aromatic rings. The number of hydroxylamine groups is 1. The number of piperidine rings is 1. The minimum Gasteiger partial charge on any atom is -0.316 e. The Morgan fingerprint density at radius 1 is 1.24 bits per heavy atom. The SMILES string of the molecule is O=C(NO)c1cnc2c(c1)CCCC(CCCCC1CCCNC1)C2. The van der Waals surface area contributed by atoms with Gasteiger partial charge in [-0.1, -0.05) is 19.3 Å². The number of rotatable bonds is 6. The third kappa shape index (κ3) is 5.25. The molecule has 0 aromatic carbocycles. The molecule has 0 bridgehead atoms. The molecule has 2 atom stereocenters. The van der Waals surface area contributed by atoms with Crippen molar-refractivity contribution < 1.29 is 10.0 Å². The quantitative estimate of drug-likeness (QED) is 0.320. The normalized spacial score (nSPS) is 23.6. The van der Waals surface area contributed by atoms with Crippen molar-refractivity contribution in [3.63, 3.8) is 0 Å². The van der Waals surface area contributed by atoms with Crippen LogP contribution in [0.4, 0.5) is 0 Å². The van der Waals surface area contributed by atoms with Gasteiger partial charge in [0.2, 0.25) is 0 Å². The molecule has 2 heterocycles. The van der Waals surface area contributed by atoms with Gasteiger partial charge in [0.15, 0.2) is 0 Å². The average molecular weight is 345 g/mol. The van der Waals surface area contributed by atoms with E-state index in [1.807, 2.05) is 6.07 Å². The number of aromatic nitrogens is 1. The number of carbonyl (C=O) groups excluding carboxylic acids is 1. The summed E-state index contributed by atoms with van der Waals surface area (Å²) in [7, 11) is 0. The van der Waals surface area contributed by atoms with E-state index in [0.29, 0.717) is 5.56 Å². The summed E-state index contributed by atoms with van der Waals surface area (Å²) < 4.78 is 0. The highest BCUT2D eigenvalue weighted by Gasteiger charge is 2.19. The van der Waals surface area contributed by atoms with E-state index in [9.17, 15) is 4.79 Å². The second-order valence-corrected chi connectivity index (χ2v) is 7.73. The van der Waals surface area contributed by atoms with E-state index in [2.05, 4.69) is 10.3 Å². The zero-order valence-electron chi connectivity index (χ0n) is 15.1. The molecular weight excluding hydrogens is 314 g/mol. The molecule has 5 nitrogen and oxygen atoms in total. The molecule has 5 heteroatoms. The molecule has 2 aliphatic rings. The molecule has 1 aromatic heterocycles. The van der Waals surface area contributed by atoms with Crippen molar-refractivity contribution in [1.82, 2.24) is 15.8 Å². The number of hydrogen-bond donors (Lipinski definition) is 3. The monoisotopic (exact) mass is 345 g/mol. The van der Waals surface area contributed by atoms with Gasteiger partial charge in [-0.05, 0) is 81.5 Å². The second kappa shape index (κ2) is 9.30. The molecule has 1 fully saturated rings. The van der Waals surface area contributed by atoms with Crippen LogP contribution in [-0.2, 0) is 12.8 Å². The highest BCUT2D eigenvalue weighted by Crippen LogP contribution is 2.28. The Balaban J connectivity index is 1.47. The first kappa shape index (κ1) is 18.3. The summed E-state index contributed by atoms with van der Waals surface area (Å²) in [5.41, 5.74) is 4.46. The molecule has 25 heavy (non-hydrogen) atoms. The van der Waals surface area contributed by atoms with Crippen LogP contribution in [0.5, 0.6) is 0 Å². The molecule has 138 valence electrons. The van der Waals surface area contributed by atoms with Crippen LogP contribution in [-0.4, -0.2) is 29.2 Å². The van der Waals surface area contributed by atoms with Gasteiger partial charge in [-0.3, -0.25) is 15.0 Å². The highest BCUT2D eigenvalue weighted by atomic mass is 16.5. The van der Waals surface area contributed by atoms with Crippen molar-refractivity contribution >= 4 is 5.91 Å². The zero-order chi connectivity index (χ0) is 17.5. The summed E-state index contributed by atoms with van der Waals surface area (Å²) in [6.07, 6.45) is 14.1. The number of carbonyl (C=O) groups is 1. The lowest BCUT2D eigenvalue weighted by Crippen LogP contribution is -2.29. The van der Waals surface area contributed by atoms with Crippen molar-refractivity contribution in [2.75, 3.05) is 13.1 Å². The van der Waals surface area contributed by atoms with Crippen LogP contribution >= 0.6 is 0 Å². The lowest BCUT2D eigenvalue weighted by Gasteiger charge is -2.23.